The monoisotopic (exact) mass is 634 g/mol. The number of sulfonamides is 1. The first-order chi connectivity index (χ1) is 21.1. The van der Waals surface area contributed by atoms with E-state index in [-0.39, 0.29) is 5.69 Å². The Hall–Kier alpha value is -3.54. The van der Waals surface area contributed by atoms with Crippen molar-refractivity contribution < 1.29 is 22.7 Å². The second-order valence-corrected chi connectivity index (χ2v) is 15.1. The number of nitrogens with two attached hydrogens (primary N) is 1. The molecule has 2 aliphatic carbocycles. The van der Waals surface area contributed by atoms with E-state index in [4.69, 9.17) is 5.14 Å². The maximum Gasteiger partial charge on any atom is 0.355 e. The Morgan fingerprint density at radius 2 is 1.86 bits per heavy atom. The van der Waals surface area contributed by atoms with Crippen LogP contribution in [0.2, 0.25) is 0 Å². The van der Waals surface area contributed by atoms with Crippen molar-refractivity contribution in [1.82, 2.24) is 9.55 Å². The summed E-state index contributed by atoms with van der Waals surface area (Å²) in [5.74, 6) is -1.45. The molecule has 11 heteroatoms. The average Bonchev–Trinajstić information content (AvgIpc) is 3.53. The van der Waals surface area contributed by atoms with E-state index in [9.17, 15) is 22.7 Å². The van der Waals surface area contributed by atoms with E-state index >= 15 is 0 Å². The number of carboxylic acids is 1. The topological polar surface area (TPSA) is 119 Å². The Morgan fingerprint density at radius 3 is 2.52 bits per heavy atom. The molecule has 1 saturated heterocycles. The SMILES string of the molecule is NS(=O)(=O)c1ccc(Cn2c(-c3cccc(N4CC5(CCCCC5)C4)c3)cc(-c3nc(C(=O)O)cs3)c2CC2CC2)cc1F. The summed E-state index contributed by atoms with van der Waals surface area (Å²) in [4.78, 5) is 18.0. The summed E-state index contributed by atoms with van der Waals surface area (Å²) >= 11 is 1.30. The molecule has 0 atom stereocenters. The number of benzene rings is 2. The largest absolute Gasteiger partial charge is 0.476 e. The number of hydrogen-bond acceptors (Lipinski definition) is 6. The number of anilines is 1. The summed E-state index contributed by atoms with van der Waals surface area (Å²) in [6, 6.07) is 14.6. The number of thiazole rings is 1. The number of halogens is 1. The van der Waals surface area contributed by atoms with Gasteiger partial charge >= 0.3 is 5.97 Å². The molecule has 7 rings (SSSR count). The van der Waals surface area contributed by atoms with Gasteiger partial charge in [-0.1, -0.05) is 37.5 Å². The lowest BCUT2D eigenvalue weighted by atomic mass is 9.68. The van der Waals surface area contributed by atoms with Crippen molar-refractivity contribution in [3.63, 3.8) is 0 Å². The Labute approximate surface area is 260 Å². The molecule has 44 heavy (non-hydrogen) atoms. The number of hydrogen-bond donors (Lipinski definition) is 2. The number of nitrogens with zero attached hydrogens (tertiary/aromatic N) is 3. The van der Waals surface area contributed by atoms with Crippen LogP contribution in [0.1, 0.15) is 66.7 Å². The lowest BCUT2D eigenvalue weighted by Crippen LogP contribution is -2.57. The van der Waals surface area contributed by atoms with Crippen molar-refractivity contribution >= 4 is 33.0 Å². The summed E-state index contributed by atoms with van der Waals surface area (Å²) in [6.07, 6.45) is 9.56. The molecule has 3 aliphatic rings. The van der Waals surface area contributed by atoms with Crippen LogP contribution in [-0.4, -0.2) is 42.1 Å². The van der Waals surface area contributed by atoms with Gasteiger partial charge in [-0.2, -0.15) is 0 Å². The van der Waals surface area contributed by atoms with Crippen LogP contribution in [-0.2, 0) is 23.0 Å². The van der Waals surface area contributed by atoms with E-state index < -0.39 is 26.7 Å². The highest BCUT2D eigenvalue weighted by Crippen LogP contribution is 2.46. The van der Waals surface area contributed by atoms with Gasteiger partial charge < -0.3 is 14.6 Å². The van der Waals surface area contributed by atoms with Crippen LogP contribution in [0.15, 0.2) is 58.8 Å². The van der Waals surface area contributed by atoms with E-state index in [0.29, 0.717) is 28.4 Å². The zero-order valence-corrected chi connectivity index (χ0v) is 26.0. The number of rotatable bonds is 9. The molecule has 3 fully saturated rings. The number of carboxylic acid groups (broad SMARTS) is 1. The van der Waals surface area contributed by atoms with Gasteiger partial charge in [0.25, 0.3) is 0 Å². The molecular formula is C33H35FN4O4S2. The van der Waals surface area contributed by atoms with Gasteiger partial charge in [-0.15, -0.1) is 11.3 Å². The second-order valence-electron chi connectivity index (χ2n) is 12.7. The van der Waals surface area contributed by atoms with Crippen LogP contribution in [0.4, 0.5) is 10.1 Å². The van der Waals surface area contributed by atoms with Gasteiger partial charge in [-0.05, 0) is 73.9 Å². The van der Waals surface area contributed by atoms with Crippen molar-refractivity contribution in [3.05, 3.63) is 76.7 Å². The van der Waals surface area contributed by atoms with Crippen LogP contribution in [0, 0.1) is 17.2 Å². The third kappa shape index (κ3) is 5.68. The molecule has 1 aliphatic heterocycles. The molecule has 3 heterocycles. The van der Waals surface area contributed by atoms with Crippen LogP contribution in [0.3, 0.4) is 0 Å². The maximum atomic E-state index is 14.9. The van der Waals surface area contributed by atoms with E-state index in [1.54, 1.807) is 11.4 Å². The Bertz CT molecular complexity index is 1850. The molecular weight excluding hydrogens is 600 g/mol. The fraction of sp³-hybridized carbons (Fsp3) is 0.394. The summed E-state index contributed by atoms with van der Waals surface area (Å²) in [6.45, 7) is 2.44. The standard InChI is InChI=1S/C33H35FN4O4S2/c34-26-13-22(9-10-30(26)44(35,41)42)17-38-28(16-25(29(38)14-21-7-8-21)31-36-27(18-43-31)32(39)40)23-5-4-6-24(15-23)37-19-33(20-37)11-2-1-3-12-33/h4-6,9-10,13,15-16,18,21H,1-3,7-8,11-12,14,17,19-20H2,(H,39,40)(H2,35,41,42). The smallest absolute Gasteiger partial charge is 0.355 e. The van der Waals surface area contributed by atoms with Crippen LogP contribution >= 0.6 is 11.3 Å². The molecule has 0 amide bonds. The highest BCUT2D eigenvalue weighted by atomic mass is 32.2. The van der Waals surface area contributed by atoms with Gasteiger partial charge in [0.2, 0.25) is 10.0 Å². The first-order valence-electron chi connectivity index (χ1n) is 15.2. The van der Waals surface area contributed by atoms with Crippen molar-refractivity contribution in [2.75, 3.05) is 18.0 Å². The average molecular weight is 635 g/mol. The first kappa shape index (κ1) is 29.2. The molecule has 0 bridgehead atoms. The molecule has 2 saturated carbocycles. The quantitative estimate of drug-likeness (QED) is 0.216. The third-order valence-corrected chi connectivity index (χ3v) is 11.3. The fourth-order valence-corrected chi connectivity index (χ4v) is 8.41. The molecule has 8 nitrogen and oxygen atoms in total. The molecule has 4 aromatic rings. The number of aromatic carboxylic acids is 1. The zero-order valence-electron chi connectivity index (χ0n) is 24.3. The van der Waals surface area contributed by atoms with Gasteiger partial charge in [0.15, 0.2) is 5.69 Å². The Kier molecular flexibility index (Phi) is 7.37. The van der Waals surface area contributed by atoms with Gasteiger partial charge in [0, 0.05) is 58.6 Å². The fourth-order valence-electron chi connectivity index (χ4n) is 6.99. The normalized spacial score (nSPS) is 18.0. The highest BCUT2D eigenvalue weighted by Gasteiger charge is 2.43. The predicted molar refractivity (Wildman–Crippen MR) is 169 cm³/mol. The van der Waals surface area contributed by atoms with Gasteiger partial charge in [-0.3, -0.25) is 0 Å². The van der Waals surface area contributed by atoms with Crippen molar-refractivity contribution in [1.29, 1.82) is 0 Å². The van der Waals surface area contributed by atoms with Gasteiger partial charge in [0.05, 0.1) is 0 Å². The van der Waals surface area contributed by atoms with Gasteiger partial charge in [0.1, 0.15) is 15.7 Å². The van der Waals surface area contributed by atoms with Crippen molar-refractivity contribution in [2.24, 2.45) is 16.5 Å². The third-order valence-electron chi connectivity index (χ3n) is 9.46. The number of aromatic nitrogens is 2. The molecule has 1 spiro atoms. The maximum absolute atomic E-state index is 14.9. The minimum absolute atomic E-state index is 0.00810. The number of carbonyl (C=O) groups is 1. The summed E-state index contributed by atoms with van der Waals surface area (Å²) < 4.78 is 40.8. The highest BCUT2D eigenvalue weighted by molar-refractivity contribution is 7.89. The molecule has 2 aromatic heterocycles. The van der Waals surface area contributed by atoms with E-state index in [2.05, 4.69) is 44.8 Å². The second kappa shape index (κ2) is 11.1. The van der Waals surface area contributed by atoms with Crippen LogP contribution in [0.5, 0.6) is 0 Å². The van der Waals surface area contributed by atoms with Gasteiger partial charge in [-0.25, -0.2) is 27.7 Å². The lowest BCUT2D eigenvalue weighted by Gasteiger charge is -2.53. The van der Waals surface area contributed by atoms with E-state index in [1.165, 1.54) is 61.3 Å². The minimum Gasteiger partial charge on any atom is -0.476 e. The molecule has 0 unspecified atom stereocenters. The van der Waals surface area contributed by atoms with Crippen LogP contribution in [0.25, 0.3) is 21.8 Å². The lowest BCUT2D eigenvalue weighted by molar-refractivity contribution is 0.0691. The molecule has 0 radical (unpaired) electrons. The zero-order chi connectivity index (χ0) is 30.6. The predicted octanol–water partition coefficient (Wildman–Crippen LogP) is 6.53. The summed E-state index contributed by atoms with van der Waals surface area (Å²) in [5, 5.41) is 17.0. The number of primary sulfonamides is 1. The summed E-state index contributed by atoms with van der Waals surface area (Å²) in [5.41, 5.74) is 6.04. The molecule has 230 valence electrons. The van der Waals surface area contributed by atoms with Crippen molar-refractivity contribution in [3.8, 4) is 21.8 Å². The first-order valence-corrected chi connectivity index (χ1v) is 17.6. The Morgan fingerprint density at radius 1 is 1.09 bits per heavy atom. The molecule has 2 aromatic carbocycles. The summed E-state index contributed by atoms with van der Waals surface area (Å²) in [7, 11) is -4.19. The molecule has 3 N–H and O–H groups in total. The van der Waals surface area contributed by atoms with E-state index in [1.807, 2.05) is 0 Å². The minimum atomic E-state index is -4.19. The Balaban J connectivity index is 1.31. The van der Waals surface area contributed by atoms with Crippen LogP contribution < -0.4 is 10.0 Å². The van der Waals surface area contributed by atoms with Crippen molar-refractivity contribution in [2.45, 2.75) is 62.8 Å². The van der Waals surface area contributed by atoms with E-state index in [0.717, 1.165) is 54.9 Å².